The second kappa shape index (κ2) is 9.88. The molecule has 0 spiro atoms. The predicted octanol–water partition coefficient (Wildman–Crippen LogP) is 5.22. The Hall–Kier alpha value is -2.13. The lowest BCUT2D eigenvalue weighted by Gasteiger charge is -2.25. The van der Waals surface area contributed by atoms with Crippen molar-refractivity contribution in [2.75, 3.05) is 13.1 Å². The minimum atomic E-state index is -5.08. The second-order valence-corrected chi connectivity index (χ2v) is 7.18. The molecular weight excluding hydrogens is 401 g/mol. The van der Waals surface area contributed by atoms with Gasteiger partial charge in [-0.2, -0.15) is 13.2 Å². The number of hydrogen-bond acceptors (Lipinski definition) is 3. The molecule has 3 nitrogen and oxygen atoms in total. The fourth-order valence-electron chi connectivity index (χ4n) is 2.70. The SMILES string of the molecule is Fc1ccc(Sc2cc(F)ccc2C2CCNCC2)cc1.O=C(O)C(F)(F)F. The summed E-state index contributed by atoms with van der Waals surface area (Å²) >= 11 is 1.50. The smallest absolute Gasteiger partial charge is 0.475 e. The molecule has 3 rings (SSSR count). The maximum Gasteiger partial charge on any atom is 0.490 e. The van der Waals surface area contributed by atoms with Crippen LogP contribution in [0.25, 0.3) is 0 Å². The van der Waals surface area contributed by atoms with Crippen molar-refractivity contribution < 1.29 is 31.9 Å². The van der Waals surface area contributed by atoms with E-state index in [-0.39, 0.29) is 11.6 Å². The van der Waals surface area contributed by atoms with E-state index >= 15 is 0 Å². The molecule has 1 fully saturated rings. The summed E-state index contributed by atoms with van der Waals surface area (Å²) in [6.07, 6.45) is -2.94. The number of aliphatic carboxylic acids is 1. The highest BCUT2D eigenvalue weighted by molar-refractivity contribution is 7.99. The zero-order chi connectivity index (χ0) is 20.7. The van der Waals surface area contributed by atoms with Gasteiger partial charge in [0.05, 0.1) is 0 Å². The van der Waals surface area contributed by atoms with E-state index < -0.39 is 12.1 Å². The fraction of sp³-hybridized carbons (Fsp3) is 0.316. The van der Waals surface area contributed by atoms with E-state index in [0.717, 1.165) is 35.7 Å². The van der Waals surface area contributed by atoms with Crippen molar-refractivity contribution in [1.82, 2.24) is 5.32 Å². The van der Waals surface area contributed by atoms with Crippen molar-refractivity contribution in [2.24, 2.45) is 0 Å². The average molecular weight is 419 g/mol. The number of carboxylic acid groups (broad SMARTS) is 1. The Labute approximate surface area is 162 Å². The normalized spacial score (nSPS) is 14.9. The molecule has 28 heavy (non-hydrogen) atoms. The van der Waals surface area contributed by atoms with Crippen LogP contribution in [0.3, 0.4) is 0 Å². The molecule has 2 N–H and O–H groups in total. The van der Waals surface area contributed by atoms with Crippen molar-refractivity contribution >= 4 is 17.7 Å². The number of carbonyl (C=O) groups is 1. The first kappa shape index (κ1) is 22.2. The van der Waals surface area contributed by atoms with E-state index in [4.69, 9.17) is 9.90 Å². The van der Waals surface area contributed by atoms with Gasteiger partial charge in [-0.05, 0) is 73.8 Å². The monoisotopic (exact) mass is 419 g/mol. The first-order valence-electron chi connectivity index (χ1n) is 8.40. The summed E-state index contributed by atoms with van der Waals surface area (Å²) in [5.74, 6) is -2.77. The van der Waals surface area contributed by atoms with Gasteiger partial charge in [0.2, 0.25) is 0 Å². The minimum Gasteiger partial charge on any atom is -0.475 e. The van der Waals surface area contributed by atoms with Crippen LogP contribution in [0, 0.1) is 11.6 Å². The molecule has 1 heterocycles. The maximum absolute atomic E-state index is 13.6. The number of alkyl halides is 3. The molecule has 1 aliphatic heterocycles. The van der Waals surface area contributed by atoms with Crippen molar-refractivity contribution in [2.45, 2.75) is 34.7 Å². The fourth-order valence-corrected chi connectivity index (χ4v) is 3.75. The molecule has 0 radical (unpaired) electrons. The molecule has 2 aromatic carbocycles. The molecule has 152 valence electrons. The Balaban J connectivity index is 0.000000345. The minimum absolute atomic E-state index is 0.225. The zero-order valence-corrected chi connectivity index (χ0v) is 15.4. The average Bonchev–Trinajstić information content (AvgIpc) is 2.64. The highest BCUT2D eigenvalue weighted by Gasteiger charge is 2.38. The van der Waals surface area contributed by atoms with Gasteiger partial charge in [-0.15, -0.1) is 0 Å². The van der Waals surface area contributed by atoms with Crippen LogP contribution in [0.5, 0.6) is 0 Å². The van der Waals surface area contributed by atoms with Gasteiger partial charge in [-0.25, -0.2) is 13.6 Å². The molecule has 0 bridgehead atoms. The van der Waals surface area contributed by atoms with Gasteiger partial charge < -0.3 is 10.4 Å². The third kappa shape index (κ3) is 6.79. The van der Waals surface area contributed by atoms with Crippen molar-refractivity contribution in [3.8, 4) is 0 Å². The Morgan fingerprint density at radius 3 is 2.07 bits per heavy atom. The van der Waals surface area contributed by atoms with Crippen LogP contribution in [-0.2, 0) is 4.79 Å². The van der Waals surface area contributed by atoms with E-state index in [2.05, 4.69) is 5.32 Å². The highest BCUT2D eigenvalue weighted by Crippen LogP contribution is 2.37. The standard InChI is InChI=1S/C17H17F2NS.C2HF3O2/c18-13-1-4-15(5-2-13)21-17-11-14(19)3-6-16(17)12-7-9-20-10-8-12;3-2(4,5)1(6)7/h1-6,11-12,20H,7-10H2;(H,6,7). The number of carboxylic acids is 1. The van der Waals surface area contributed by atoms with Gasteiger partial charge in [0, 0.05) is 9.79 Å². The lowest BCUT2D eigenvalue weighted by Crippen LogP contribution is -2.26. The van der Waals surface area contributed by atoms with E-state index in [1.165, 1.54) is 35.5 Å². The lowest BCUT2D eigenvalue weighted by molar-refractivity contribution is -0.192. The first-order chi connectivity index (χ1) is 13.2. The number of nitrogens with one attached hydrogen (secondary N) is 1. The quantitative estimate of drug-likeness (QED) is 0.670. The molecule has 0 aliphatic carbocycles. The molecule has 1 aliphatic rings. The Morgan fingerprint density at radius 2 is 1.54 bits per heavy atom. The Kier molecular flexibility index (Phi) is 7.82. The van der Waals surface area contributed by atoms with Gasteiger partial charge in [-0.1, -0.05) is 17.8 Å². The van der Waals surface area contributed by atoms with Crippen LogP contribution in [-0.4, -0.2) is 30.3 Å². The summed E-state index contributed by atoms with van der Waals surface area (Å²) in [6, 6.07) is 11.4. The lowest BCUT2D eigenvalue weighted by atomic mass is 9.90. The highest BCUT2D eigenvalue weighted by atomic mass is 32.2. The molecule has 0 amide bonds. The summed E-state index contributed by atoms with van der Waals surface area (Å²) in [7, 11) is 0. The van der Waals surface area contributed by atoms with Gasteiger partial charge >= 0.3 is 12.1 Å². The second-order valence-electron chi connectivity index (χ2n) is 6.07. The Morgan fingerprint density at radius 1 is 1.00 bits per heavy atom. The van der Waals surface area contributed by atoms with Crippen LogP contribution in [0.4, 0.5) is 22.0 Å². The maximum atomic E-state index is 13.6. The summed E-state index contributed by atoms with van der Waals surface area (Å²) in [5.41, 5.74) is 1.20. The number of piperidine rings is 1. The molecule has 0 saturated carbocycles. The summed E-state index contributed by atoms with van der Waals surface area (Å²) in [5, 5.41) is 10.5. The third-order valence-corrected chi connectivity index (χ3v) is 5.12. The van der Waals surface area contributed by atoms with E-state index in [1.54, 1.807) is 18.2 Å². The molecule has 0 atom stereocenters. The predicted molar refractivity (Wildman–Crippen MR) is 95.5 cm³/mol. The van der Waals surface area contributed by atoms with Crippen LogP contribution < -0.4 is 5.32 Å². The van der Waals surface area contributed by atoms with Gasteiger partial charge in [0.25, 0.3) is 0 Å². The number of halogens is 5. The van der Waals surface area contributed by atoms with Crippen LogP contribution in [0.15, 0.2) is 52.3 Å². The number of rotatable bonds is 3. The van der Waals surface area contributed by atoms with Crippen LogP contribution in [0.2, 0.25) is 0 Å². The van der Waals surface area contributed by atoms with E-state index in [0.29, 0.717) is 5.92 Å². The summed E-state index contributed by atoms with van der Waals surface area (Å²) in [4.78, 5) is 10.8. The van der Waals surface area contributed by atoms with Crippen molar-refractivity contribution in [1.29, 1.82) is 0 Å². The number of hydrogen-bond donors (Lipinski definition) is 2. The Bertz CT molecular complexity index is 790. The number of benzene rings is 2. The topological polar surface area (TPSA) is 49.3 Å². The summed E-state index contributed by atoms with van der Waals surface area (Å²) < 4.78 is 58.3. The first-order valence-corrected chi connectivity index (χ1v) is 9.22. The molecule has 0 unspecified atom stereocenters. The van der Waals surface area contributed by atoms with E-state index in [9.17, 15) is 22.0 Å². The van der Waals surface area contributed by atoms with Crippen molar-refractivity contribution in [3.05, 3.63) is 59.7 Å². The van der Waals surface area contributed by atoms with E-state index in [1.807, 2.05) is 6.07 Å². The summed E-state index contributed by atoms with van der Waals surface area (Å²) in [6.45, 7) is 2.01. The third-order valence-electron chi connectivity index (χ3n) is 4.04. The van der Waals surface area contributed by atoms with Gasteiger partial charge in [0.1, 0.15) is 11.6 Å². The molecule has 0 aromatic heterocycles. The molecular formula is C19H18F5NO2S. The van der Waals surface area contributed by atoms with Crippen molar-refractivity contribution in [3.63, 3.8) is 0 Å². The van der Waals surface area contributed by atoms with Gasteiger partial charge in [0.15, 0.2) is 0 Å². The van der Waals surface area contributed by atoms with Crippen LogP contribution >= 0.6 is 11.8 Å². The van der Waals surface area contributed by atoms with Crippen LogP contribution in [0.1, 0.15) is 24.3 Å². The molecule has 2 aromatic rings. The van der Waals surface area contributed by atoms with Gasteiger partial charge in [-0.3, -0.25) is 0 Å². The zero-order valence-electron chi connectivity index (χ0n) is 14.6. The largest absolute Gasteiger partial charge is 0.490 e. The molecule has 1 saturated heterocycles. The molecule has 9 heteroatoms.